The summed E-state index contributed by atoms with van der Waals surface area (Å²) in [5.74, 6) is 0. The third-order valence-corrected chi connectivity index (χ3v) is 7.11. The number of aliphatic hydroxyl groups excluding tert-OH is 1. The molecule has 1 N–H and O–H groups in total. The summed E-state index contributed by atoms with van der Waals surface area (Å²) in [6.07, 6.45) is 3.98. The van der Waals surface area contributed by atoms with E-state index in [9.17, 15) is 5.11 Å². The van der Waals surface area contributed by atoms with Crippen molar-refractivity contribution in [3.63, 3.8) is 0 Å². The van der Waals surface area contributed by atoms with Crippen molar-refractivity contribution in [1.82, 2.24) is 9.55 Å². The molecule has 164 valence electrons. The van der Waals surface area contributed by atoms with Crippen LogP contribution in [0.1, 0.15) is 46.5 Å². The van der Waals surface area contributed by atoms with Crippen LogP contribution in [0.15, 0.2) is 114 Å². The second kappa shape index (κ2) is 9.18. The molecule has 1 atom stereocenters. The quantitative estimate of drug-likeness (QED) is 0.290. The summed E-state index contributed by atoms with van der Waals surface area (Å²) in [4.78, 5) is 4.71. The van der Waals surface area contributed by atoms with Crippen LogP contribution in [0.2, 0.25) is 0 Å². The number of benzene rings is 3. The van der Waals surface area contributed by atoms with Gasteiger partial charge in [-0.05, 0) is 39.4 Å². The highest BCUT2D eigenvalue weighted by molar-refractivity contribution is 7.08. The van der Waals surface area contributed by atoms with Crippen molar-refractivity contribution in [2.24, 2.45) is 0 Å². The number of aryl methyl sites for hydroxylation is 1. The Bertz CT molecular complexity index is 1210. The lowest BCUT2D eigenvalue weighted by atomic mass is 9.77. The first-order valence-corrected chi connectivity index (χ1v) is 12.1. The van der Waals surface area contributed by atoms with Crippen molar-refractivity contribution >= 4 is 11.3 Å². The Morgan fingerprint density at radius 2 is 1.33 bits per heavy atom. The molecule has 2 heterocycles. The molecular formula is C29H26N2OS. The largest absolute Gasteiger partial charge is 0.382 e. The van der Waals surface area contributed by atoms with E-state index in [1.165, 1.54) is 5.56 Å². The molecule has 0 bridgehead atoms. The average molecular weight is 451 g/mol. The molecule has 0 amide bonds. The maximum Gasteiger partial charge on any atom is 0.124 e. The molecule has 5 rings (SSSR count). The van der Waals surface area contributed by atoms with Gasteiger partial charge in [0.1, 0.15) is 11.6 Å². The second-order valence-electron chi connectivity index (χ2n) is 8.12. The van der Waals surface area contributed by atoms with Crippen LogP contribution in [-0.2, 0) is 12.0 Å². The Hall–Kier alpha value is -3.47. The smallest absolute Gasteiger partial charge is 0.124 e. The zero-order valence-electron chi connectivity index (χ0n) is 18.5. The number of aliphatic hydroxyl groups is 1. The molecule has 4 heteroatoms. The van der Waals surface area contributed by atoms with Crippen LogP contribution in [0.25, 0.3) is 0 Å². The highest BCUT2D eigenvalue weighted by Gasteiger charge is 2.38. The summed E-state index contributed by atoms with van der Waals surface area (Å²) in [7, 11) is 0. The van der Waals surface area contributed by atoms with Gasteiger partial charge in [-0.25, -0.2) is 4.98 Å². The van der Waals surface area contributed by atoms with E-state index in [2.05, 4.69) is 89.7 Å². The van der Waals surface area contributed by atoms with E-state index < -0.39 is 11.6 Å². The standard InChI is InChI=1S/C29H26N2OS/c1-2-22-19-33-20-26(22)28(32)27-18-31(21-30-27)29(23-12-6-3-7-13-23,24-14-8-4-9-15-24)25-16-10-5-11-17-25/h3-21,28,32H,2H2,1H3. The van der Waals surface area contributed by atoms with Crippen LogP contribution in [0, 0.1) is 0 Å². The SMILES string of the molecule is CCc1cscc1C(O)c1cn(C(c2ccccc2)(c2ccccc2)c2ccccc2)cn1. The molecule has 0 aliphatic rings. The summed E-state index contributed by atoms with van der Waals surface area (Å²) in [5, 5.41) is 15.4. The van der Waals surface area contributed by atoms with Crippen LogP contribution in [0.4, 0.5) is 0 Å². The number of imidazole rings is 1. The number of hydrogen-bond donors (Lipinski definition) is 1. The summed E-state index contributed by atoms with van der Waals surface area (Å²) in [6, 6.07) is 31.5. The maximum absolute atomic E-state index is 11.2. The van der Waals surface area contributed by atoms with Gasteiger partial charge < -0.3 is 9.67 Å². The van der Waals surface area contributed by atoms with Gasteiger partial charge in [0.2, 0.25) is 0 Å². The second-order valence-corrected chi connectivity index (χ2v) is 8.87. The van der Waals surface area contributed by atoms with Gasteiger partial charge in [0.05, 0.1) is 12.0 Å². The van der Waals surface area contributed by atoms with Gasteiger partial charge in [-0.2, -0.15) is 11.3 Å². The van der Waals surface area contributed by atoms with Crippen LogP contribution < -0.4 is 0 Å². The lowest BCUT2D eigenvalue weighted by molar-refractivity contribution is 0.215. The molecule has 0 fully saturated rings. The molecule has 0 aliphatic heterocycles. The molecule has 0 saturated heterocycles. The van der Waals surface area contributed by atoms with E-state index in [1.54, 1.807) is 11.3 Å². The van der Waals surface area contributed by atoms with Crippen molar-refractivity contribution in [3.05, 3.63) is 148 Å². The molecule has 3 aromatic carbocycles. The zero-order valence-corrected chi connectivity index (χ0v) is 19.3. The van der Waals surface area contributed by atoms with E-state index in [0.717, 1.165) is 28.7 Å². The summed E-state index contributed by atoms with van der Waals surface area (Å²) < 4.78 is 2.14. The van der Waals surface area contributed by atoms with Gasteiger partial charge in [0.15, 0.2) is 0 Å². The molecule has 33 heavy (non-hydrogen) atoms. The van der Waals surface area contributed by atoms with Crippen molar-refractivity contribution < 1.29 is 5.11 Å². The van der Waals surface area contributed by atoms with Gasteiger partial charge in [-0.15, -0.1) is 0 Å². The van der Waals surface area contributed by atoms with Gasteiger partial charge in [-0.3, -0.25) is 0 Å². The Balaban J connectivity index is 1.74. The predicted octanol–water partition coefficient (Wildman–Crippen LogP) is 6.43. The first-order chi connectivity index (χ1) is 16.2. The lowest BCUT2D eigenvalue weighted by Crippen LogP contribution is -2.37. The topological polar surface area (TPSA) is 38.0 Å². The minimum absolute atomic E-state index is 0.628. The summed E-state index contributed by atoms with van der Waals surface area (Å²) in [6.45, 7) is 2.11. The zero-order chi connectivity index (χ0) is 22.7. The number of nitrogens with zero attached hydrogens (tertiary/aromatic N) is 2. The fourth-order valence-corrected chi connectivity index (χ4v) is 5.63. The summed E-state index contributed by atoms with van der Waals surface area (Å²) >= 11 is 1.62. The average Bonchev–Trinajstić information content (AvgIpc) is 3.57. The van der Waals surface area contributed by atoms with E-state index in [1.807, 2.05) is 36.1 Å². The number of rotatable bonds is 7. The van der Waals surface area contributed by atoms with Crippen LogP contribution in [0.5, 0.6) is 0 Å². The molecule has 0 aliphatic carbocycles. The first-order valence-electron chi connectivity index (χ1n) is 11.2. The van der Waals surface area contributed by atoms with Crippen molar-refractivity contribution in [3.8, 4) is 0 Å². The molecule has 0 saturated carbocycles. The van der Waals surface area contributed by atoms with Crippen molar-refractivity contribution in [1.29, 1.82) is 0 Å². The highest BCUT2D eigenvalue weighted by atomic mass is 32.1. The third-order valence-electron chi connectivity index (χ3n) is 6.30. The fraction of sp³-hybridized carbons (Fsp3) is 0.138. The minimum atomic E-state index is -0.757. The fourth-order valence-electron chi connectivity index (χ4n) is 4.67. The molecule has 5 aromatic rings. The Morgan fingerprint density at radius 1 is 0.818 bits per heavy atom. The Kier molecular flexibility index (Phi) is 5.95. The molecule has 3 nitrogen and oxygen atoms in total. The number of aromatic nitrogens is 2. The lowest BCUT2D eigenvalue weighted by Gasteiger charge is -2.37. The third kappa shape index (κ3) is 3.71. The van der Waals surface area contributed by atoms with Crippen molar-refractivity contribution in [2.75, 3.05) is 0 Å². The number of thiophene rings is 1. The van der Waals surface area contributed by atoms with E-state index in [-0.39, 0.29) is 0 Å². The number of hydrogen-bond acceptors (Lipinski definition) is 3. The van der Waals surface area contributed by atoms with E-state index >= 15 is 0 Å². The van der Waals surface area contributed by atoms with E-state index in [4.69, 9.17) is 4.98 Å². The molecular weight excluding hydrogens is 424 g/mol. The van der Waals surface area contributed by atoms with Gasteiger partial charge >= 0.3 is 0 Å². The van der Waals surface area contributed by atoms with E-state index in [0.29, 0.717) is 5.69 Å². The monoisotopic (exact) mass is 450 g/mol. The van der Waals surface area contributed by atoms with Crippen LogP contribution >= 0.6 is 11.3 Å². The van der Waals surface area contributed by atoms with Crippen LogP contribution in [-0.4, -0.2) is 14.7 Å². The molecule has 0 radical (unpaired) electrons. The molecule has 0 spiro atoms. The maximum atomic E-state index is 11.2. The van der Waals surface area contributed by atoms with Gasteiger partial charge in [-0.1, -0.05) is 97.9 Å². The van der Waals surface area contributed by atoms with Crippen molar-refractivity contribution in [2.45, 2.75) is 25.0 Å². The van der Waals surface area contributed by atoms with Gasteiger partial charge in [0, 0.05) is 11.8 Å². The minimum Gasteiger partial charge on any atom is -0.382 e. The normalized spacial score (nSPS) is 12.5. The van der Waals surface area contributed by atoms with Crippen LogP contribution in [0.3, 0.4) is 0 Å². The Morgan fingerprint density at radius 3 is 1.82 bits per heavy atom. The highest BCUT2D eigenvalue weighted by Crippen LogP contribution is 2.41. The molecule has 2 aromatic heterocycles. The summed E-state index contributed by atoms with van der Waals surface area (Å²) in [5.41, 5.74) is 5.52. The first kappa shape index (κ1) is 21.4. The van der Waals surface area contributed by atoms with Gasteiger partial charge in [0.25, 0.3) is 0 Å². The Labute approximate surface area is 198 Å². The molecule has 1 unspecified atom stereocenters. The predicted molar refractivity (Wildman–Crippen MR) is 135 cm³/mol.